The summed E-state index contributed by atoms with van der Waals surface area (Å²) in [5.74, 6) is 8.40. The summed E-state index contributed by atoms with van der Waals surface area (Å²) < 4.78 is 0. The molecule has 0 heterocycles. The van der Waals surface area contributed by atoms with Crippen molar-refractivity contribution in [3.63, 3.8) is 0 Å². The summed E-state index contributed by atoms with van der Waals surface area (Å²) in [6.45, 7) is 10.0. The molecule has 0 fully saturated rings. The van der Waals surface area contributed by atoms with Crippen LogP contribution in [-0.2, 0) is 0 Å². The third-order valence-electron chi connectivity index (χ3n) is 2.79. The van der Waals surface area contributed by atoms with Crippen molar-refractivity contribution in [1.29, 1.82) is 0 Å². The lowest BCUT2D eigenvalue weighted by Crippen LogP contribution is -2.29. The summed E-state index contributed by atoms with van der Waals surface area (Å²) in [5.41, 5.74) is 2.43. The molecule has 2 heteroatoms. The molecule has 0 saturated heterocycles. The fourth-order valence-electron chi connectivity index (χ4n) is 1.36. The lowest BCUT2D eigenvalue weighted by molar-refractivity contribution is 0.143. The van der Waals surface area contributed by atoms with E-state index in [-0.39, 0.29) is 0 Å². The van der Waals surface area contributed by atoms with Gasteiger partial charge in [-0.2, -0.15) is 0 Å². The van der Waals surface area contributed by atoms with Gasteiger partial charge < -0.3 is 5.11 Å². The van der Waals surface area contributed by atoms with E-state index in [4.69, 9.17) is 0 Å². The molecule has 0 aromatic heterocycles. The first-order valence-corrected chi connectivity index (χ1v) is 8.28. The Morgan fingerprint density at radius 1 is 1.00 bits per heavy atom. The molecule has 0 radical (unpaired) electrons. The molecule has 0 atom stereocenters. The van der Waals surface area contributed by atoms with Crippen LogP contribution in [0.15, 0.2) is 0 Å². The van der Waals surface area contributed by atoms with Gasteiger partial charge in [-0.15, -0.1) is 5.54 Å². The van der Waals surface area contributed by atoms with Crippen LogP contribution >= 0.6 is 0 Å². The molecule has 0 bridgehead atoms. The molecule has 0 amide bonds. The number of hydrogen-bond acceptors (Lipinski definition) is 1. The zero-order valence-electron chi connectivity index (χ0n) is 10.6. The van der Waals surface area contributed by atoms with Gasteiger partial charge in [0.2, 0.25) is 0 Å². The molecule has 0 rings (SSSR count). The third-order valence-corrected chi connectivity index (χ3v) is 7.50. The standard InChI is InChI=1S/C13H22OSi/c1-6-15(7-2,8-3)12-10-9-11-13(4,5)14/h14H,6-8H2,1-5H3. The van der Waals surface area contributed by atoms with Crippen molar-refractivity contribution in [2.24, 2.45) is 0 Å². The summed E-state index contributed by atoms with van der Waals surface area (Å²) in [4.78, 5) is 0. The second-order valence-corrected chi connectivity index (χ2v) is 9.33. The van der Waals surface area contributed by atoms with E-state index in [9.17, 15) is 5.11 Å². The van der Waals surface area contributed by atoms with E-state index in [2.05, 4.69) is 44.1 Å². The maximum atomic E-state index is 9.39. The molecular formula is C13H22OSi. The predicted molar refractivity (Wildman–Crippen MR) is 69.0 cm³/mol. The summed E-state index contributed by atoms with van der Waals surface area (Å²) in [6.07, 6.45) is 0. The lowest BCUT2D eigenvalue weighted by atomic mass is 10.1. The summed E-state index contributed by atoms with van der Waals surface area (Å²) in [5, 5.41) is 9.39. The van der Waals surface area contributed by atoms with Gasteiger partial charge in [0, 0.05) is 0 Å². The molecule has 1 N–H and O–H groups in total. The Morgan fingerprint density at radius 3 is 1.80 bits per heavy atom. The first kappa shape index (κ1) is 14.3. The van der Waals surface area contributed by atoms with Crippen LogP contribution in [0.3, 0.4) is 0 Å². The van der Waals surface area contributed by atoms with E-state index in [1.54, 1.807) is 13.8 Å². The highest BCUT2D eigenvalue weighted by atomic mass is 28.3. The Bertz CT molecular complexity index is 291. The van der Waals surface area contributed by atoms with Crippen LogP contribution in [0.25, 0.3) is 0 Å². The molecular weight excluding hydrogens is 200 g/mol. The highest BCUT2D eigenvalue weighted by Crippen LogP contribution is 2.18. The van der Waals surface area contributed by atoms with Gasteiger partial charge >= 0.3 is 0 Å². The van der Waals surface area contributed by atoms with Crippen LogP contribution in [0.5, 0.6) is 0 Å². The summed E-state index contributed by atoms with van der Waals surface area (Å²) in [7, 11) is -1.36. The Balaban J connectivity index is 4.68. The Hall–Kier alpha value is -0.703. The lowest BCUT2D eigenvalue weighted by Gasteiger charge is -2.19. The maximum Gasteiger partial charge on any atom is 0.139 e. The molecule has 0 unspecified atom stereocenters. The topological polar surface area (TPSA) is 20.2 Å². The Labute approximate surface area is 95.3 Å². The van der Waals surface area contributed by atoms with Crippen molar-refractivity contribution >= 4 is 8.07 Å². The molecule has 0 aromatic rings. The van der Waals surface area contributed by atoms with Gasteiger partial charge in [-0.3, -0.25) is 0 Å². The highest BCUT2D eigenvalue weighted by Gasteiger charge is 2.23. The van der Waals surface area contributed by atoms with Gasteiger partial charge in [-0.1, -0.05) is 26.7 Å². The summed E-state index contributed by atoms with van der Waals surface area (Å²) >= 11 is 0. The second kappa shape index (κ2) is 6.01. The molecule has 0 aliphatic carbocycles. The zero-order valence-corrected chi connectivity index (χ0v) is 11.6. The number of aliphatic hydroxyl groups is 1. The van der Waals surface area contributed by atoms with E-state index in [1.165, 1.54) is 18.1 Å². The van der Waals surface area contributed by atoms with Gasteiger partial charge in [-0.25, -0.2) is 0 Å². The van der Waals surface area contributed by atoms with E-state index in [0.717, 1.165) is 0 Å². The van der Waals surface area contributed by atoms with E-state index in [1.807, 2.05) is 0 Å². The fourth-order valence-corrected chi connectivity index (χ4v) is 3.72. The second-order valence-electron chi connectivity index (χ2n) is 4.40. The van der Waals surface area contributed by atoms with Gasteiger partial charge in [0.25, 0.3) is 0 Å². The largest absolute Gasteiger partial charge is 0.378 e. The third kappa shape index (κ3) is 5.67. The Morgan fingerprint density at radius 2 is 1.47 bits per heavy atom. The van der Waals surface area contributed by atoms with Crippen LogP contribution in [-0.4, -0.2) is 18.8 Å². The van der Waals surface area contributed by atoms with Crippen molar-refractivity contribution in [3.8, 4) is 23.3 Å². The molecule has 84 valence electrons. The normalized spacial score (nSPS) is 11.1. The predicted octanol–water partition coefficient (Wildman–Crippen LogP) is 2.81. The monoisotopic (exact) mass is 222 g/mol. The average Bonchev–Trinajstić information content (AvgIpc) is 2.18. The fraction of sp³-hybridized carbons (Fsp3) is 0.692. The summed E-state index contributed by atoms with van der Waals surface area (Å²) in [6, 6.07) is 3.57. The minimum Gasteiger partial charge on any atom is -0.378 e. The quantitative estimate of drug-likeness (QED) is 0.575. The van der Waals surface area contributed by atoms with Crippen molar-refractivity contribution in [1.82, 2.24) is 0 Å². The molecule has 0 saturated carbocycles. The maximum absolute atomic E-state index is 9.39. The van der Waals surface area contributed by atoms with Crippen molar-refractivity contribution in [2.75, 3.05) is 0 Å². The first-order chi connectivity index (χ1) is 6.89. The molecule has 15 heavy (non-hydrogen) atoms. The van der Waals surface area contributed by atoms with Crippen LogP contribution in [0, 0.1) is 23.3 Å². The van der Waals surface area contributed by atoms with Crippen LogP contribution < -0.4 is 0 Å². The smallest absolute Gasteiger partial charge is 0.139 e. The van der Waals surface area contributed by atoms with Crippen LogP contribution in [0.2, 0.25) is 18.1 Å². The van der Waals surface area contributed by atoms with Crippen molar-refractivity contribution in [3.05, 3.63) is 0 Å². The highest BCUT2D eigenvalue weighted by molar-refractivity contribution is 6.87. The molecule has 0 aliphatic rings. The van der Waals surface area contributed by atoms with Gasteiger partial charge in [0.05, 0.1) is 0 Å². The SMILES string of the molecule is CC[Si](C#CC#CC(C)(C)O)(CC)CC. The van der Waals surface area contributed by atoms with Gasteiger partial charge in [-0.05, 0) is 43.8 Å². The minimum atomic E-state index is -1.36. The van der Waals surface area contributed by atoms with E-state index in [0.29, 0.717) is 0 Å². The zero-order chi connectivity index (χ0) is 11.9. The van der Waals surface area contributed by atoms with Gasteiger partial charge in [0.1, 0.15) is 13.7 Å². The minimum absolute atomic E-state index is 0.927. The van der Waals surface area contributed by atoms with E-state index >= 15 is 0 Å². The van der Waals surface area contributed by atoms with Gasteiger partial charge in [0.15, 0.2) is 0 Å². The number of hydrogen-bond donors (Lipinski definition) is 1. The molecule has 0 aromatic carbocycles. The molecule has 0 aliphatic heterocycles. The van der Waals surface area contributed by atoms with Crippen molar-refractivity contribution < 1.29 is 5.11 Å². The average molecular weight is 222 g/mol. The number of rotatable bonds is 3. The van der Waals surface area contributed by atoms with Crippen molar-refractivity contribution in [2.45, 2.75) is 58.4 Å². The molecule has 1 nitrogen and oxygen atoms in total. The molecule has 0 spiro atoms. The van der Waals surface area contributed by atoms with Crippen LogP contribution in [0.1, 0.15) is 34.6 Å². The van der Waals surface area contributed by atoms with Crippen LogP contribution in [0.4, 0.5) is 0 Å². The first-order valence-electron chi connectivity index (χ1n) is 5.66. The van der Waals surface area contributed by atoms with E-state index < -0.39 is 13.7 Å². The Kier molecular flexibility index (Phi) is 5.72.